The van der Waals surface area contributed by atoms with E-state index in [0.717, 1.165) is 37.2 Å². The molecule has 1 amide bonds. The number of halogens is 1. The van der Waals surface area contributed by atoms with Gasteiger partial charge in [0, 0.05) is 23.7 Å². The molecule has 0 spiro atoms. The van der Waals surface area contributed by atoms with Crippen molar-refractivity contribution in [3.63, 3.8) is 0 Å². The molecule has 0 aliphatic carbocycles. The Hall–Kier alpha value is -1.52. The Morgan fingerprint density at radius 2 is 2.14 bits per heavy atom. The molecule has 21 heavy (non-hydrogen) atoms. The summed E-state index contributed by atoms with van der Waals surface area (Å²) in [6.45, 7) is 2.59. The van der Waals surface area contributed by atoms with Crippen molar-refractivity contribution in [2.75, 3.05) is 26.2 Å². The molecule has 0 unspecified atom stereocenters. The summed E-state index contributed by atoms with van der Waals surface area (Å²) in [4.78, 5) is 14.5. The highest BCUT2D eigenvalue weighted by molar-refractivity contribution is 6.30. The fraction of sp³-hybridized carbons (Fsp3) is 0.438. The van der Waals surface area contributed by atoms with E-state index in [0.29, 0.717) is 29.7 Å². The molecule has 0 saturated carbocycles. The molecular weight excluding hydrogens is 288 g/mol. The molecule has 0 radical (unpaired) electrons. The SMILES string of the molecule is NCC1CCN(C(=O)C2=Cc3cc(Cl)ccc3OC2)CC1. The fourth-order valence-electron chi connectivity index (χ4n) is 2.85. The highest BCUT2D eigenvalue weighted by Crippen LogP contribution is 2.30. The van der Waals surface area contributed by atoms with Crippen molar-refractivity contribution in [2.45, 2.75) is 12.8 Å². The predicted molar refractivity (Wildman–Crippen MR) is 83.3 cm³/mol. The van der Waals surface area contributed by atoms with Crippen LogP contribution in [0.3, 0.4) is 0 Å². The minimum absolute atomic E-state index is 0.0658. The molecule has 0 bridgehead atoms. The first-order chi connectivity index (χ1) is 10.2. The van der Waals surface area contributed by atoms with E-state index in [2.05, 4.69) is 0 Å². The zero-order valence-corrected chi connectivity index (χ0v) is 12.6. The summed E-state index contributed by atoms with van der Waals surface area (Å²) in [5.41, 5.74) is 7.25. The molecule has 1 aromatic rings. The lowest BCUT2D eigenvalue weighted by Gasteiger charge is -2.32. The average Bonchev–Trinajstić information content (AvgIpc) is 2.53. The quantitative estimate of drug-likeness (QED) is 0.912. The van der Waals surface area contributed by atoms with E-state index in [9.17, 15) is 4.79 Å². The third kappa shape index (κ3) is 3.06. The molecule has 1 saturated heterocycles. The van der Waals surface area contributed by atoms with Gasteiger partial charge in [-0.15, -0.1) is 0 Å². The number of hydrogen-bond acceptors (Lipinski definition) is 3. The van der Waals surface area contributed by atoms with Crippen molar-refractivity contribution < 1.29 is 9.53 Å². The maximum atomic E-state index is 12.6. The van der Waals surface area contributed by atoms with Gasteiger partial charge in [0.2, 0.25) is 0 Å². The number of piperidine rings is 1. The normalized spacial score (nSPS) is 18.8. The first-order valence-electron chi connectivity index (χ1n) is 7.29. The molecule has 0 aromatic heterocycles. The molecule has 1 aromatic carbocycles. The van der Waals surface area contributed by atoms with E-state index in [1.807, 2.05) is 23.1 Å². The fourth-order valence-corrected chi connectivity index (χ4v) is 3.03. The summed E-state index contributed by atoms with van der Waals surface area (Å²) in [7, 11) is 0. The highest BCUT2D eigenvalue weighted by Gasteiger charge is 2.26. The van der Waals surface area contributed by atoms with Gasteiger partial charge in [-0.25, -0.2) is 0 Å². The minimum atomic E-state index is 0.0658. The lowest BCUT2D eigenvalue weighted by atomic mass is 9.96. The van der Waals surface area contributed by atoms with E-state index in [1.165, 1.54) is 0 Å². The largest absolute Gasteiger partial charge is 0.488 e. The van der Waals surface area contributed by atoms with Crippen molar-refractivity contribution in [3.05, 3.63) is 34.4 Å². The number of hydrogen-bond donors (Lipinski definition) is 1. The maximum Gasteiger partial charge on any atom is 0.253 e. The summed E-state index contributed by atoms with van der Waals surface area (Å²) >= 11 is 5.99. The average molecular weight is 307 g/mol. The summed E-state index contributed by atoms with van der Waals surface area (Å²) in [5.74, 6) is 1.39. The van der Waals surface area contributed by atoms with Crippen LogP contribution in [0.4, 0.5) is 0 Å². The minimum Gasteiger partial charge on any atom is -0.488 e. The molecule has 4 nitrogen and oxygen atoms in total. The monoisotopic (exact) mass is 306 g/mol. The Balaban J connectivity index is 1.74. The first-order valence-corrected chi connectivity index (χ1v) is 7.67. The molecule has 2 aliphatic rings. The third-order valence-electron chi connectivity index (χ3n) is 4.19. The Bertz CT molecular complexity index is 578. The van der Waals surface area contributed by atoms with Gasteiger partial charge in [-0.2, -0.15) is 0 Å². The second-order valence-corrected chi connectivity index (χ2v) is 6.05. The standard InChI is InChI=1S/C16H19ClN2O2/c17-14-1-2-15-12(8-14)7-13(10-21-15)16(20)19-5-3-11(9-18)4-6-19/h1-2,7-8,11H,3-6,9-10,18H2. The van der Waals surface area contributed by atoms with Crippen LogP contribution in [0.1, 0.15) is 18.4 Å². The van der Waals surface area contributed by atoms with E-state index in [4.69, 9.17) is 22.1 Å². The van der Waals surface area contributed by atoms with Gasteiger partial charge >= 0.3 is 0 Å². The molecular formula is C16H19ClN2O2. The van der Waals surface area contributed by atoms with Crippen LogP contribution >= 0.6 is 11.6 Å². The number of amides is 1. The summed E-state index contributed by atoms with van der Waals surface area (Å²) in [6, 6.07) is 5.45. The van der Waals surface area contributed by atoms with Gasteiger partial charge in [0.25, 0.3) is 5.91 Å². The lowest BCUT2D eigenvalue weighted by molar-refractivity contribution is -0.128. The van der Waals surface area contributed by atoms with Crippen LogP contribution in [0.2, 0.25) is 5.02 Å². The van der Waals surface area contributed by atoms with E-state index in [1.54, 1.807) is 6.07 Å². The number of nitrogens with two attached hydrogens (primary N) is 1. The van der Waals surface area contributed by atoms with Gasteiger partial charge < -0.3 is 15.4 Å². The second kappa shape index (κ2) is 6.08. The van der Waals surface area contributed by atoms with Gasteiger partial charge in [-0.05, 0) is 49.6 Å². The predicted octanol–water partition coefficient (Wildman–Crippen LogP) is 2.31. The number of benzene rings is 1. The number of ether oxygens (including phenoxy) is 1. The molecule has 112 valence electrons. The van der Waals surface area contributed by atoms with Crippen molar-refractivity contribution in [1.82, 2.24) is 4.90 Å². The Morgan fingerprint density at radius 3 is 2.86 bits per heavy atom. The van der Waals surface area contributed by atoms with E-state index in [-0.39, 0.29) is 5.91 Å². The van der Waals surface area contributed by atoms with Crippen molar-refractivity contribution in [1.29, 1.82) is 0 Å². The number of likely N-dealkylation sites (tertiary alicyclic amines) is 1. The van der Waals surface area contributed by atoms with Crippen LogP contribution in [0.25, 0.3) is 6.08 Å². The Morgan fingerprint density at radius 1 is 1.38 bits per heavy atom. The number of carbonyl (C=O) groups is 1. The second-order valence-electron chi connectivity index (χ2n) is 5.61. The number of rotatable bonds is 2. The molecule has 2 aliphatic heterocycles. The lowest BCUT2D eigenvalue weighted by Crippen LogP contribution is -2.41. The van der Waals surface area contributed by atoms with E-state index >= 15 is 0 Å². The number of nitrogens with zero attached hydrogens (tertiary/aromatic N) is 1. The van der Waals surface area contributed by atoms with Crippen molar-refractivity contribution in [3.8, 4) is 5.75 Å². The third-order valence-corrected chi connectivity index (χ3v) is 4.43. The van der Waals surface area contributed by atoms with Gasteiger partial charge in [0.05, 0.1) is 5.57 Å². The summed E-state index contributed by atoms with van der Waals surface area (Å²) in [5, 5.41) is 0.644. The van der Waals surface area contributed by atoms with Crippen LogP contribution < -0.4 is 10.5 Å². The topological polar surface area (TPSA) is 55.6 Å². The molecule has 3 rings (SSSR count). The molecule has 1 fully saturated rings. The highest BCUT2D eigenvalue weighted by atomic mass is 35.5. The number of fused-ring (bicyclic) bond motifs is 1. The Kier molecular flexibility index (Phi) is 4.17. The van der Waals surface area contributed by atoms with Crippen LogP contribution in [-0.2, 0) is 4.79 Å². The van der Waals surface area contributed by atoms with Crippen molar-refractivity contribution >= 4 is 23.6 Å². The van der Waals surface area contributed by atoms with Crippen LogP contribution in [-0.4, -0.2) is 37.0 Å². The molecule has 5 heteroatoms. The maximum absolute atomic E-state index is 12.6. The zero-order chi connectivity index (χ0) is 14.8. The number of carbonyl (C=O) groups excluding carboxylic acids is 1. The summed E-state index contributed by atoms with van der Waals surface area (Å²) in [6.07, 6.45) is 3.86. The van der Waals surface area contributed by atoms with Crippen LogP contribution in [0.15, 0.2) is 23.8 Å². The smallest absolute Gasteiger partial charge is 0.253 e. The zero-order valence-electron chi connectivity index (χ0n) is 11.8. The first kappa shape index (κ1) is 14.4. The van der Waals surface area contributed by atoms with Gasteiger partial charge in [-0.3, -0.25) is 4.79 Å². The molecule has 2 heterocycles. The van der Waals surface area contributed by atoms with Gasteiger partial charge in [-0.1, -0.05) is 11.6 Å². The molecule has 2 N–H and O–H groups in total. The van der Waals surface area contributed by atoms with Crippen LogP contribution in [0.5, 0.6) is 5.75 Å². The van der Waals surface area contributed by atoms with Crippen LogP contribution in [0, 0.1) is 5.92 Å². The Labute approximate surface area is 129 Å². The van der Waals surface area contributed by atoms with Crippen molar-refractivity contribution in [2.24, 2.45) is 11.7 Å². The molecule has 0 atom stereocenters. The van der Waals surface area contributed by atoms with Gasteiger partial charge in [0.15, 0.2) is 0 Å². The van der Waals surface area contributed by atoms with Gasteiger partial charge in [0.1, 0.15) is 12.4 Å². The van der Waals surface area contributed by atoms with E-state index < -0.39 is 0 Å². The summed E-state index contributed by atoms with van der Waals surface area (Å²) < 4.78 is 5.65.